The van der Waals surface area contributed by atoms with Crippen LogP contribution in [0, 0.1) is 17.6 Å². The molecule has 4 nitrogen and oxygen atoms in total. The lowest BCUT2D eigenvalue weighted by Crippen LogP contribution is -2.46. The van der Waals surface area contributed by atoms with E-state index in [0.29, 0.717) is 30.1 Å². The molecule has 40 heavy (non-hydrogen) atoms. The molecule has 2 atom stereocenters. The first kappa shape index (κ1) is 31.4. The van der Waals surface area contributed by atoms with Gasteiger partial charge in [0.05, 0.1) is 5.56 Å². The van der Waals surface area contributed by atoms with E-state index in [4.69, 9.17) is 10.5 Å². The van der Waals surface area contributed by atoms with Crippen LogP contribution in [-0.4, -0.2) is 24.7 Å². The highest BCUT2D eigenvalue weighted by atomic mass is 19.1. The molecule has 3 aromatic rings. The average molecular weight is 551 g/mol. The van der Waals surface area contributed by atoms with Gasteiger partial charge in [0.1, 0.15) is 17.7 Å². The Morgan fingerprint density at radius 1 is 0.825 bits per heavy atom. The molecule has 0 unspecified atom stereocenters. The first-order chi connectivity index (χ1) is 19.3. The molecule has 0 aliphatic carbocycles. The number of esters is 1. The summed E-state index contributed by atoms with van der Waals surface area (Å²) in [4.78, 5) is 13.3. The summed E-state index contributed by atoms with van der Waals surface area (Å²) in [5.74, 6) is -1.19. The maximum absolute atomic E-state index is 13.8. The monoisotopic (exact) mass is 550 g/mol. The van der Waals surface area contributed by atoms with Crippen LogP contribution in [0.1, 0.15) is 79.1 Å². The summed E-state index contributed by atoms with van der Waals surface area (Å²) in [6.45, 7) is 7.39. The van der Waals surface area contributed by atoms with E-state index in [9.17, 15) is 13.6 Å². The number of nitrogens with two attached hydrogens (primary N) is 1. The summed E-state index contributed by atoms with van der Waals surface area (Å²) in [5, 5.41) is 3.36. The van der Waals surface area contributed by atoms with Gasteiger partial charge < -0.3 is 15.8 Å². The van der Waals surface area contributed by atoms with Gasteiger partial charge in [0.25, 0.3) is 0 Å². The molecule has 0 bridgehead atoms. The van der Waals surface area contributed by atoms with Crippen molar-refractivity contribution in [2.24, 2.45) is 11.7 Å². The first-order valence-corrected chi connectivity index (χ1v) is 14.6. The summed E-state index contributed by atoms with van der Waals surface area (Å²) >= 11 is 0. The summed E-state index contributed by atoms with van der Waals surface area (Å²) in [6.07, 6.45) is 5.92. The van der Waals surface area contributed by atoms with Crippen LogP contribution in [0.4, 0.5) is 8.78 Å². The van der Waals surface area contributed by atoms with E-state index < -0.39 is 29.7 Å². The lowest BCUT2D eigenvalue weighted by Gasteiger charge is -2.25. The highest BCUT2D eigenvalue weighted by Gasteiger charge is 2.24. The molecule has 0 radical (unpaired) electrons. The van der Waals surface area contributed by atoms with Gasteiger partial charge in [-0.05, 0) is 71.7 Å². The Morgan fingerprint density at radius 3 is 2.15 bits per heavy atom. The van der Waals surface area contributed by atoms with Crippen LogP contribution in [0.15, 0.2) is 66.7 Å². The van der Waals surface area contributed by atoms with E-state index in [1.807, 2.05) is 24.3 Å². The number of ether oxygens (including phenoxy) is 1. The lowest BCUT2D eigenvalue weighted by molar-refractivity contribution is 0.0238. The van der Waals surface area contributed by atoms with Crippen molar-refractivity contribution in [1.29, 1.82) is 0 Å². The molecule has 0 fully saturated rings. The predicted octanol–water partition coefficient (Wildman–Crippen LogP) is 7.17. The Labute approximate surface area is 238 Å². The van der Waals surface area contributed by atoms with Crippen LogP contribution in [0.3, 0.4) is 0 Å². The number of nitrogens with one attached hydrogen (secondary N) is 1. The summed E-state index contributed by atoms with van der Waals surface area (Å²) < 4.78 is 33.6. The molecule has 0 aliphatic heterocycles. The van der Waals surface area contributed by atoms with Gasteiger partial charge in [-0.25, -0.2) is 13.6 Å². The van der Waals surface area contributed by atoms with E-state index in [1.54, 1.807) is 6.07 Å². The van der Waals surface area contributed by atoms with Gasteiger partial charge in [0, 0.05) is 25.2 Å². The molecule has 0 saturated carbocycles. The largest absolute Gasteiger partial charge is 0.456 e. The molecule has 6 heteroatoms. The van der Waals surface area contributed by atoms with Crippen LogP contribution in [0.5, 0.6) is 0 Å². The quantitative estimate of drug-likeness (QED) is 0.186. The normalized spacial score (nSPS) is 12.9. The Kier molecular flexibility index (Phi) is 12.8. The van der Waals surface area contributed by atoms with E-state index >= 15 is 0 Å². The van der Waals surface area contributed by atoms with Crippen molar-refractivity contribution in [3.05, 3.63) is 106 Å². The molecule has 3 rings (SSSR count). The third kappa shape index (κ3) is 10.1. The number of carbonyl (C=O) groups is 1. The van der Waals surface area contributed by atoms with Crippen molar-refractivity contribution in [2.75, 3.05) is 6.54 Å². The standard InChI is InChI=1S/C34H44F2N2O2/c1-4-9-25(10-5-2)16-26-12-8-14-29(17-26)34(39)40-33(23-38-22-27-13-7-11-24(6-3)15-27)32(37)20-28-18-30(35)21-31(36)19-28/h7-8,11-15,17-19,21,25,32-33,38H,4-6,9-10,16,20,22-23,37H2,1-3H3/t32-,33+/m0/s1. The Hall–Kier alpha value is -3.09. The number of benzene rings is 3. The van der Waals surface area contributed by atoms with E-state index in [0.717, 1.165) is 55.7 Å². The van der Waals surface area contributed by atoms with Crippen LogP contribution in [0.2, 0.25) is 0 Å². The molecule has 0 heterocycles. The molecule has 0 aromatic heterocycles. The molecule has 0 spiro atoms. The topological polar surface area (TPSA) is 64.3 Å². The Morgan fingerprint density at radius 2 is 1.48 bits per heavy atom. The second-order valence-electron chi connectivity index (χ2n) is 10.7. The molecular formula is C34H44F2N2O2. The fourth-order valence-electron chi connectivity index (χ4n) is 5.26. The third-order valence-corrected chi connectivity index (χ3v) is 7.28. The second kappa shape index (κ2) is 16.2. The summed E-state index contributed by atoms with van der Waals surface area (Å²) in [6, 6.07) is 18.6. The summed E-state index contributed by atoms with van der Waals surface area (Å²) in [7, 11) is 0. The number of carbonyl (C=O) groups excluding carboxylic acids is 1. The molecule has 0 amide bonds. The third-order valence-electron chi connectivity index (χ3n) is 7.28. The SMILES string of the molecule is CCCC(CCC)Cc1cccc(C(=O)O[C@H](CNCc2cccc(CC)c2)[C@@H](N)Cc2cc(F)cc(F)c2)c1. The minimum Gasteiger partial charge on any atom is -0.456 e. The minimum absolute atomic E-state index is 0.162. The first-order valence-electron chi connectivity index (χ1n) is 14.6. The zero-order valence-electron chi connectivity index (χ0n) is 24.1. The van der Waals surface area contributed by atoms with Crippen LogP contribution >= 0.6 is 0 Å². The molecule has 3 aromatic carbocycles. The molecule has 0 aliphatic rings. The average Bonchev–Trinajstić information content (AvgIpc) is 2.92. The fraction of sp³-hybridized carbons (Fsp3) is 0.441. The van der Waals surface area contributed by atoms with Gasteiger partial charge in [-0.15, -0.1) is 0 Å². The molecular weight excluding hydrogens is 506 g/mol. The fourth-order valence-corrected chi connectivity index (χ4v) is 5.26. The minimum atomic E-state index is -0.704. The number of halogens is 2. The van der Waals surface area contributed by atoms with Gasteiger partial charge in [0.2, 0.25) is 0 Å². The van der Waals surface area contributed by atoms with E-state index in [2.05, 4.69) is 44.3 Å². The number of hydrogen-bond acceptors (Lipinski definition) is 4. The number of aryl methyl sites for hydroxylation is 1. The van der Waals surface area contributed by atoms with Crippen LogP contribution in [0.25, 0.3) is 0 Å². The lowest BCUT2D eigenvalue weighted by atomic mass is 9.90. The Bertz CT molecular complexity index is 1190. The Balaban J connectivity index is 1.73. The predicted molar refractivity (Wildman–Crippen MR) is 158 cm³/mol. The zero-order chi connectivity index (χ0) is 28.9. The van der Waals surface area contributed by atoms with Gasteiger partial charge in [-0.1, -0.05) is 82.9 Å². The van der Waals surface area contributed by atoms with Crippen molar-refractivity contribution in [3.63, 3.8) is 0 Å². The van der Waals surface area contributed by atoms with E-state index in [-0.39, 0.29) is 6.42 Å². The van der Waals surface area contributed by atoms with Crippen molar-refractivity contribution < 1.29 is 18.3 Å². The van der Waals surface area contributed by atoms with Crippen molar-refractivity contribution >= 4 is 5.97 Å². The maximum atomic E-state index is 13.8. The number of rotatable bonds is 16. The maximum Gasteiger partial charge on any atom is 0.338 e. The van der Waals surface area contributed by atoms with E-state index in [1.165, 1.54) is 17.7 Å². The van der Waals surface area contributed by atoms with Crippen molar-refractivity contribution in [3.8, 4) is 0 Å². The second-order valence-corrected chi connectivity index (χ2v) is 10.7. The van der Waals surface area contributed by atoms with Crippen molar-refractivity contribution in [2.45, 2.75) is 84.4 Å². The van der Waals surface area contributed by atoms with Gasteiger partial charge >= 0.3 is 5.97 Å². The van der Waals surface area contributed by atoms with Gasteiger partial charge in [-0.2, -0.15) is 0 Å². The number of hydrogen-bond donors (Lipinski definition) is 2. The smallest absolute Gasteiger partial charge is 0.338 e. The van der Waals surface area contributed by atoms with Gasteiger partial charge in [-0.3, -0.25) is 0 Å². The molecule has 0 saturated heterocycles. The van der Waals surface area contributed by atoms with Crippen LogP contribution in [-0.2, 0) is 30.5 Å². The van der Waals surface area contributed by atoms with Crippen LogP contribution < -0.4 is 11.1 Å². The molecule has 3 N–H and O–H groups in total. The summed E-state index contributed by atoms with van der Waals surface area (Å²) in [5.41, 5.74) is 10.9. The highest BCUT2D eigenvalue weighted by molar-refractivity contribution is 5.89. The molecule has 216 valence electrons. The highest BCUT2D eigenvalue weighted by Crippen LogP contribution is 2.21. The zero-order valence-corrected chi connectivity index (χ0v) is 24.1. The van der Waals surface area contributed by atoms with Crippen molar-refractivity contribution in [1.82, 2.24) is 5.32 Å². The van der Waals surface area contributed by atoms with Gasteiger partial charge in [0.15, 0.2) is 0 Å².